The second-order valence-corrected chi connectivity index (χ2v) is 5.53. The number of hydrogen-bond acceptors (Lipinski definition) is 5. The van der Waals surface area contributed by atoms with Crippen LogP contribution in [0.15, 0.2) is 6.07 Å². The first-order valence-electron chi connectivity index (χ1n) is 7.18. The number of aryl methyl sites for hydroxylation is 1. The summed E-state index contributed by atoms with van der Waals surface area (Å²) in [5, 5.41) is 3.35. The highest BCUT2D eigenvalue weighted by molar-refractivity contribution is 5.88. The molecule has 3 rings (SSSR count). The highest BCUT2D eigenvalue weighted by Gasteiger charge is 2.31. The SMILES string of the molecule is Cc1nc(C2CCNCC2)cc(N2CC(C)OC2=O)n1.Cl.Cl. The molecule has 1 unspecified atom stereocenters. The van der Waals surface area contributed by atoms with Crippen molar-refractivity contribution in [3.05, 3.63) is 17.6 Å². The van der Waals surface area contributed by atoms with Gasteiger partial charge in [0.2, 0.25) is 0 Å². The maximum absolute atomic E-state index is 11.8. The number of halogens is 2. The van der Waals surface area contributed by atoms with Crippen LogP contribution in [0.2, 0.25) is 0 Å². The van der Waals surface area contributed by atoms with E-state index in [1.165, 1.54) is 0 Å². The number of nitrogens with zero attached hydrogens (tertiary/aromatic N) is 3. The number of hydrogen-bond donors (Lipinski definition) is 1. The Balaban J connectivity index is 0.00000121. The van der Waals surface area contributed by atoms with Crippen molar-refractivity contribution in [2.24, 2.45) is 0 Å². The fraction of sp³-hybridized carbons (Fsp3) is 0.643. The van der Waals surface area contributed by atoms with Crippen molar-refractivity contribution in [3.8, 4) is 0 Å². The molecule has 124 valence electrons. The third-order valence-corrected chi connectivity index (χ3v) is 3.84. The van der Waals surface area contributed by atoms with Gasteiger partial charge in [-0.25, -0.2) is 14.8 Å². The van der Waals surface area contributed by atoms with E-state index in [9.17, 15) is 4.79 Å². The Morgan fingerprint density at radius 3 is 2.55 bits per heavy atom. The molecule has 8 heteroatoms. The fourth-order valence-corrected chi connectivity index (χ4v) is 2.83. The average molecular weight is 349 g/mol. The molecule has 3 heterocycles. The monoisotopic (exact) mass is 348 g/mol. The summed E-state index contributed by atoms with van der Waals surface area (Å²) in [5.41, 5.74) is 1.04. The molecule has 0 aromatic carbocycles. The van der Waals surface area contributed by atoms with Crippen LogP contribution in [-0.4, -0.2) is 41.8 Å². The molecule has 2 saturated heterocycles. The summed E-state index contributed by atoms with van der Waals surface area (Å²) >= 11 is 0. The second kappa shape index (κ2) is 7.94. The van der Waals surface area contributed by atoms with Gasteiger partial charge in [0, 0.05) is 17.7 Å². The molecule has 0 radical (unpaired) electrons. The van der Waals surface area contributed by atoms with E-state index in [0.29, 0.717) is 24.1 Å². The summed E-state index contributed by atoms with van der Waals surface area (Å²) in [5.74, 6) is 1.83. The van der Waals surface area contributed by atoms with Crippen LogP contribution < -0.4 is 10.2 Å². The van der Waals surface area contributed by atoms with Crippen molar-refractivity contribution in [2.75, 3.05) is 24.5 Å². The first kappa shape index (κ1) is 18.9. The summed E-state index contributed by atoms with van der Waals surface area (Å²) in [6.07, 6.45) is 1.76. The number of nitrogens with one attached hydrogen (secondary N) is 1. The van der Waals surface area contributed by atoms with Gasteiger partial charge in [0.15, 0.2) is 0 Å². The van der Waals surface area contributed by atoms with Crippen LogP contribution in [0, 0.1) is 6.92 Å². The molecule has 1 amide bonds. The van der Waals surface area contributed by atoms with Gasteiger partial charge in [-0.2, -0.15) is 0 Å². The predicted molar refractivity (Wildman–Crippen MR) is 89.4 cm³/mol. The molecule has 1 atom stereocenters. The molecule has 0 spiro atoms. The number of piperidine rings is 1. The van der Waals surface area contributed by atoms with Gasteiger partial charge in [0.1, 0.15) is 17.7 Å². The van der Waals surface area contributed by atoms with Gasteiger partial charge >= 0.3 is 6.09 Å². The maximum Gasteiger partial charge on any atom is 0.415 e. The van der Waals surface area contributed by atoms with Crippen molar-refractivity contribution in [1.82, 2.24) is 15.3 Å². The van der Waals surface area contributed by atoms with E-state index in [2.05, 4.69) is 15.3 Å². The summed E-state index contributed by atoms with van der Waals surface area (Å²) in [6.45, 7) is 6.36. The molecule has 22 heavy (non-hydrogen) atoms. The summed E-state index contributed by atoms with van der Waals surface area (Å²) < 4.78 is 5.17. The fourth-order valence-electron chi connectivity index (χ4n) is 2.83. The minimum absolute atomic E-state index is 0. The Morgan fingerprint density at radius 1 is 1.27 bits per heavy atom. The van der Waals surface area contributed by atoms with Crippen molar-refractivity contribution < 1.29 is 9.53 Å². The topological polar surface area (TPSA) is 67.3 Å². The minimum atomic E-state index is -0.313. The normalized spacial score (nSPS) is 21.8. The van der Waals surface area contributed by atoms with Crippen LogP contribution in [0.3, 0.4) is 0 Å². The van der Waals surface area contributed by atoms with E-state index in [1.54, 1.807) is 4.90 Å². The lowest BCUT2D eigenvalue weighted by atomic mass is 9.94. The number of amides is 1. The molecule has 1 aromatic heterocycles. The van der Waals surface area contributed by atoms with Gasteiger partial charge in [-0.15, -0.1) is 24.8 Å². The lowest BCUT2D eigenvalue weighted by molar-refractivity contribution is 0.150. The third-order valence-electron chi connectivity index (χ3n) is 3.84. The van der Waals surface area contributed by atoms with E-state index in [-0.39, 0.29) is 37.0 Å². The smallest absolute Gasteiger partial charge is 0.415 e. The Labute approximate surface area is 142 Å². The van der Waals surface area contributed by atoms with E-state index < -0.39 is 0 Å². The molecular formula is C14H22Cl2N4O2. The second-order valence-electron chi connectivity index (χ2n) is 5.53. The van der Waals surface area contributed by atoms with Gasteiger partial charge in [-0.05, 0) is 39.8 Å². The number of ether oxygens (including phenoxy) is 1. The van der Waals surface area contributed by atoms with Crippen molar-refractivity contribution in [2.45, 2.75) is 38.7 Å². The third kappa shape index (κ3) is 4.00. The summed E-state index contributed by atoms with van der Waals surface area (Å²) in [6, 6.07) is 1.95. The van der Waals surface area contributed by atoms with E-state index >= 15 is 0 Å². The minimum Gasteiger partial charge on any atom is -0.444 e. The number of carbonyl (C=O) groups is 1. The zero-order valence-electron chi connectivity index (χ0n) is 12.7. The van der Waals surface area contributed by atoms with Crippen LogP contribution in [0.25, 0.3) is 0 Å². The number of anilines is 1. The highest BCUT2D eigenvalue weighted by Crippen LogP contribution is 2.27. The van der Waals surface area contributed by atoms with E-state index in [1.807, 2.05) is 19.9 Å². The number of aromatic nitrogens is 2. The molecule has 0 aliphatic carbocycles. The quantitative estimate of drug-likeness (QED) is 0.888. The van der Waals surface area contributed by atoms with Crippen LogP contribution >= 0.6 is 24.8 Å². The van der Waals surface area contributed by atoms with E-state index in [4.69, 9.17) is 4.74 Å². The molecule has 6 nitrogen and oxygen atoms in total. The Kier molecular flexibility index (Phi) is 6.84. The predicted octanol–water partition coefficient (Wildman–Crippen LogP) is 2.44. The number of carbonyl (C=O) groups excluding carboxylic acids is 1. The molecule has 1 N–H and O–H groups in total. The molecule has 2 aliphatic heterocycles. The average Bonchev–Trinajstić information content (AvgIpc) is 2.78. The summed E-state index contributed by atoms with van der Waals surface area (Å²) in [7, 11) is 0. The maximum atomic E-state index is 11.8. The van der Waals surface area contributed by atoms with Crippen molar-refractivity contribution >= 4 is 36.7 Å². The number of cyclic esters (lactones) is 1. The Morgan fingerprint density at radius 2 is 1.95 bits per heavy atom. The van der Waals surface area contributed by atoms with Crippen LogP contribution in [-0.2, 0) is 4.74 Å². The lowest BCUT2D eigenvalue weighted by Crippen LogP contribution is -2.28. The first-order chi connectivity index (χ1) is 9.63. The zero-order valence-corrected chi connectivity index (χ0v) is 14.4. The molecule has 2 fully saturated rings. The zero-order chi connectivity index (χ0) is 14.1. The van der Waals surface area contributed by atoms with E-state index in [0.717, 1.165) is 31.6 Å². The van der Waals surface area contributed by atoms with Gasteiger partial charge in [-0.1, -0.05) is 0 Å². The van der Waals surface area contributed by atoms with Crippen molar-refractivity contribution in [1.29, 1.82) is 0 Å². The highest BCUT2D eigenvalue weighted by atomic mass is 35.5. The van der Waals surface area contributed by atoms with Gasteiger partial charge in [0.05, 0.1) is 6.54 Å². The lowest BCUT2D eigenvalue weighted by Gasteiger charge is -2.23. The van der Waals surface area contributed by atoms with Crippen LogP contribution in [0.1, 0.15) is 37.2 Å². The Bertz CT molecular complexity index is 524. The largest absolute Gasteiger partial charge is 0.444 e. The van der Waals surface area contributed by atoms with Crippen LogP contribution in [0.5, 0.6) is 0 Å². The molecule has 1 aromatic rings. The summed E-state index contributed by atoms with van der Waals surface area (Å²) in [4.78, 5) is 22.4. The van der Waals surface area contributed by atoms with Gasteiger partial charge < -0.3 is 10.1 Å². The molecule has 0 saturated carbocycles. The molecular weight excluding hydrogens is 327 g/mol. The number of rotatable bonds is 2. The van der Waals surface area contributed by atoms with Crippen LogP contribution in [0.4, 0.5) is 10.6 Å². The van der Waals surface area contributed by atoms with Gasteiger partial charge in [-0.3, -0.25) is 4.90 Å². The van der Waals surface area contributed by atoms with Crippen molar-refractivity contribution in [3.63, 3.8) is 0 Å². The van der Waals surface area contributed by atoms with Gasteiger partial charge in [0.25, 0.3) is 0 Å². The molecule has 2 aliphatic rings. The first-order valence-corrected chi connectivity index (χ1v) is 7.18. The molecule has 0 bridgehead atoms. The Hall–Kier alpha value is -1.11. The standard InChI is InChI=1S/C14H20N4O2.2ClH/c1-9-8-18(14(19)20-9)13-7-12(16-10(2)17-13)11-3-5-15-6-4-11;;/h7,9,11,15H,3-6,8H2,1-2H3;2*1H.